The van der Waals surface area contributed by atoms with E-state index in [1.165, 1.54) is 0 Å². The predicted molar refractivity (Wildman–Crippen MR) is 110 cm³/mol. The maximum atomic E-state index is 12.2. The van der Waals surface area contributed by atoms with Gasteiger partial charge in [-0.25, -0.2) is 14.6 Å². The molecule has 142 valence electrons. The molecule has 3 aromatic carbocycles. The summed E-state index contributed by atoms with van der Waals surface area (Å²) < 4.78 is 10.6. The molecule has 0 spiro atoms. The predicted octanol–water partition coefficient (Wildman–Crippen LogP) is 4.56. The van der Waals surface area contributed by atoms with Crippen LogP contribution >= 0.6 is 0 Å². The Morgan fingerprint density at radius 2 is 1.62 bits per heavy atom. The summed E-state index contributed by atoms with van der Waals surface area (Å²) >= 11 is 0. The van der Waals surface area contributed by atoms with Crippen LogP contribution < -0.4 is 4.74 Å². The molecule has 1 heterocycles. The van der Waals surface area contributed by atoms with Crippen LogP contribution in [0.1, 0.15) is 27.0 Å². The molecule has 0 amide bonds. The van der Waals surface area contributed by atoms with Crippen LogP contribution in [-0.2, 0) is 9.53 Å². The molecule has 29 heavy (non-hydrogen) atoms. The topological polar surface area (TPSA) is 65.0 Å². The van der Waals surface area contributed by atoms with Gasteiger partial charge in [0.15, 0.2) is 5.70 Å². The minimum absolute atomic E-state index is 0.216. The van der Waals surface area contributed by atoms with Gasteiger partial charge in [-0.15, -0.1) is 0 Å². The minimum Gasteiger partial charge on any atom is -0.423 e. The average molecular weight is 383 g/mol. The van der Waals surface area contributed by atoms with Crippen molar-refractivity contribution in [3.8, 4) is 5.75 Å². The second-order valence-electron chi connectivity index (χ2n) is 6.53. The summed E-state index contributed by atoms with van der Waals surface area (Å²) in [5.41, 5.74) is 3.25. The number of cyclic esters (lactones) is 1. The quantitative estimate of drug-likeness (QED) is 0.376. The van der Waals surface area contributed by atoms with E-state index in [2.05, 4.69) is 4.99 Å². The van der Waals surface area contributed by atoms with Crippen molar-refractivity contribution in [2.75, 3.05) is 0 Å². The van der Waals surface area contributed by atoms with Crippen molar-refractivity contribution < 1.29 is 19.1 Å². The first-order valence-electron chi connectivity index (χ1n) is 9.05. The number of hydrogen-bond acceptors (Lipinski definition) is 5. The van der Waals surface area contributed by atoms with E-state index in [4.69, 9.17) is 9.47 Å². The van der Waals surface area contributed by atoms with Gasteiger partial charge in [0.25, 0.3) is 0 Å². The van der Waals surface area contributed by atoms with Crippen LogP contribution in [-0.4, -0.2) is 17.8 Å². The Balaban J connectivity index is 1.48. The molecule has 0 bridgehead atoms. The van der Waals surface area contributed by atoms with Gasteiger partial charge in [-0.05, 0) is 55.0 Å². The number of carbonyl (C=O) groups excluding carboxylic acids is 2. The van der Waals surface area contributed by atoms with Crippen molar-refractivity contribution in [2.45, 2.75) is 6.92 Å². The third-order valence-electron chi connectivity index (χ3n) is 4.32. The number of benzene rings is 3. The Bertz CT molecular complexity index is 1110. The van der Waals surface area contributed by atoms with Gasteiger partial charge in [-0.3, -0.25) is 0 Å². The first kappa shape index (κ1) is 18.4. The molecule has 0 aromatic heterocycles. The monoisotopic (exact) mass is 383 g/mol. The van der Waals surface area contributed by atoms with Crippen molar-refractivity contribution in [1.82, 2.24) is 0 Å². The van der Waals surface area contributed by atoms with Crippen molar-refractivity contribution in [2.24, 2.45) is 4.99 Å². The number of nitrogens with zero attached hydrogens (tertiary/aromatic N) is 1. The summed E-state index contributed by atoms with van der Waals surface area (Å²) in [6.45, 7) is 1.95. The van der Waals surface area contributed by atoms with Gasteiger partial charge in [0.1, 0.15) is 5.75 Å². The molecule has 0 fully saturated rings. The maximum Gasteiger partial charge on any atom is 0.363 e. The number of ether oxygens (including phenoxy) is 2. The van der Waals surface area contributed by atoms with Crippen LogP contribution in [0.25, 0.3) is 6.08 Å². The van der Waals surface area contributed by atoms with Crippen LogP contribution in [0, 0.1) is 6.92 Å². The molecule has 3 aromatic rings. The lowest BCUT2D eigenvalue weighted by atomic mass is 10.1. The van der Waals surface area contributed by atoms with E-state index in [-0.39, 0.29) is 11.6 Å². The smallest absolute Gasteiger partial charge is 0.363 e. The Morgan fingerprint density at radius 1 is 0.931 bits per heavy atom. The summed E-state index contributed by atoms with van der Waals surface area (Å²) in [7, 11) is 0. The second-order valence-corrected chi connectivity index (χ2v) is 6.53. The number of hydrogen-bond donors (Lipinski definition) is 0. The molecule has 5 heteroatoms. The Hall–Kier alpha value is -3.99. The number of carbonyl (C=O) groups is 2. The average Bonchev–Trinajstić information content (AvgIpc) is 3.11. The van der Waals surface area contributed by atoms with E-state index in [9.17, 15) is 9.59 Å². The highest BCUT2D eigenvalue weighted by atomic mass is 16.6. The van der Waals surface area contributed by atoms with E-state index in [0.29, 0.717) is 11.3 Å². The SMILES string of the molecule is Cc1ccc(C(=O)Oc2ccc(/C=C3/N=C(c4ccccc4)OC3=O)cc2)cc1. The van der Waals surface area contributed by atoms with Crippen molar-refractivity contribution in [3.05, 3.63) is 107 Å². The highest BCUT2D eigenvalue weighted by Gasteiger charge is 2.23. The van der Waals surface area contributed by atoms with Crippen LogP contribution in [0.4, 0.5) is 0 Å². The highest BCUT2D eigenvalue weighted by Crippen LogP contribution is 2.21. The molecule has 0 saturated heterocycles. The summed E-state index contributed by atoms with van der Waals surface area (Å²) in [5, 5.41) is 0. The van der Waals surface area contributed by atoms with Gasteiger partial charge in [0, 0.05) is 5.56 Å². The molecule has 1 aliphatic rings. The van der Waals surface area contributed by atoms with Crippen LogP contribution in [0.5, 0.6) is 5.75 Å². The van der Waals surface area contributed by atoms with Crippen LogP contribution in [0.2, 0.25) is 0 Å². The normalized spacial score (nSPS) is 14.4. The molecular formula is C24H17NO4. The summed E-state index contributed by atoms with van der Waals surface area (Å²) in [6.07, 6.45) is 1.63. The molecular weight excluding hydrogens is 366 g/mol. The Morgan fingerprint density at radius 3 is 2.31 bits per heavy atom. The first-order chi connectivity index (χ1) is 14.1. The summed E-state index contributed by atoms with van der Waals surface area (Å²) in [6, 6.07) is 23.2. The zero-order valence-electron chi connectivity index (χ0n) is 15.7. The van der Waals surface area contributed by atoms with E-state index in [1.807, 2.05) is 49.4 Å². The molecule has 1 aliphatic heterocycles. The standard InChI is InChI=1S/C24H17NO4/c1-16-7-11-19(12-8-16)23(26)28-20-13-9-17(10-14-20)15-21-24(27)29-22(25-21)18-5-3-2-4-6-18/h2-15H,1H3/b21-15+. The Labute approximate surface area is 167 Å². The highest BCUT2D eigenvalue weighted by molar-refractivity contribution is 6.12. The fourth-order valence-electron chi connectivity index (χ4n) is 2.76. The van der Waals surface area contributed by atoms with Gasteiger partial charge < -0.3 is 9.47 Å². The third kappa shape index (κ3) is 4.30. The fraction of sp³-hybridized carbons (Fsp3) is 0.0417. The van der Waals surface area contributed by atoms with E-state index in [1.54, 1.807) is 42.5 Å². The number of esters is 2. The molecule has 0 saturated carbocycles. The number of rotatable bonds is 4. The molecule has 5 nitrogen and oxygen atoms in total. The lowest BCUT2D eigenvalue weighted by molar-refractivity contribution is -0.129. The third-order valence-corrected chi connectivity index (χ3v) is 4.32. The van der Waals surface area contributed by atoms with E-state index >= 15 is 0 Å². The van der Waals surface area contributed by atoms with E-state index in [0.717, 1.165) is 16.7 Å². The van der Waals surface area contributed by atoms with Gasteiger partial charge in [0.2, 0.25) is 5.90 Å². The molecule has 0 radical (unpaired) electrons. The van der Waals surface area contributed by atoms with Gasteiger partial charge in [0.05, 0.1) is 5.56 Å². The van der Waals surface area contributed by atoms with Crippen molar-refractivity contribution >= 4 is 23.9 Å². The molecule has 0 aliphatic carbocycles. The molecule has 0 N–H and O–H groups in total. The largest absolute Gasteiger partial charge is 0.423 e. The zero-order valence-corrected chi connectivity index (χ0v) is 15.7. The van der Waals surface area contributed by atoms with Crippen LogP contribution in [0.15, 0.2) is 89.6 Å². The Kier molecular flexibility index (Phi) is 5.03. The molecule has 4 rings (SSSR count). The zero-order chi connectivity index (χ0) is 20.2. The lowest BCUT2D eigenvalue weighted by Gasteiger charge is -2.05. The lowest BCUT2D eigenvalue weighted by Crippen LogP contribution is -2.08. The summed E-state index contributed by atoms with van der Waals surface area (Å²) in [4.78, 5) is 28.5. The number of aliphatic imine (C=N–C) groups is 1. The van der Waals surface area contributed by atoms with Crippen molar-refractivity contribution in [3.63, 3.8) is 0 Å². The van der Waals surface area contributed by atoms with E-state index < -0.39 is 11.9 Å². The molecule has 0 unspecified atom stereocenters. The van der Waals surface area contributed by atoms with Gasteiger partial charge >= 0.3 is 11.9 Å². The molecule has 0 atom stereocenters. The van der Waals surface area contributed by atoms with Gasteiger partial charge in [-0.2, -0.15) is 0 Å². The fourth-order valence-corrected chi connectivity index (χ4v) is 2.76. The first-order valence-corrected chi connectivity index (χ1v) is 9.05. The van der Waals surface area contributed by atoms with Crippen molar-refractivity contribution in [1.29, 1.82) is 0 Å². The van der Waals surface area contributed by atoms with Gasteiger partial charge in [-0.1, -0.05) is 48.0 Å². The minimum atomic E-state index is -0.501. The van der Waals surface area contributed by atoms with Crippen LogP contribution in [0.3, 0.4) is 0 Å². The number of aryl methyl sites for hydroxylation is 1. The second kappa shape index (κ2) is 7.94. The summed E-state index contributed by atoms with van der Waals surface area (Å²) in [5.74, 6) is -0.225. The maximum absolute atomic E-state index is 12.2.